The first-order chi connectivity index (χ1) is 68.5. The second-order valence-electron chi connectivity index (χ2n) is 42.2. The van der Waals surface area contributed by atoms with E-state index in [0.717, 1.165) is 78.2 Å². The average Bonchev–Trinajstić information content (AvgIpc) is 0.789. The molecular formula is C137H130Ir5N5-5. The maximum Gasteiger partial charge on any atom is 0.0167 e. The monoisotopic (exact) mass is 2810 g/mol. The van der Waals surface area contributed by atoms with Crippen molar-refractivity contribution in [3.63, 3.8) is 0 Å². The number of unbranched alkanes of at least 4 members (excludes halogenated alkanes) is 5. The molecule has 147 heavy (non-hydrogen) atoms. The number of pyridine rings is 5. The molecule has 5 heterocycles. The third kappa shape index (κ3) is 30.9. The van der Waals surface area contributed by atoms with E-state index in [2.05, 4.69) is 440 Å². The van der Waals surface area contributed by atoms with Crippen LogP contribution < -0.4 is 0 Å². The molecule has 0 saturated heterocycles. The van der Waals surface area contributed by atoms with Crippen molar-refractivity contribution in [3.05, 3.63) is 477 Å². The summed E-state index contributed by atoms with van der Waals surface area (Å²) in [7, 11) is 0. The number of hydrogen-bond acceptors (Lipinski definition) is 5. The van der Waals surface area contributed by atoms with Crippen molar-refractivity contribution in [1.29, 1.82) is 0 Å². The van der Waals surface area contributed by atoms with Gasteiger partial charge in [-0.05, 0) is 244 Å². The Balaban J connectivity index is 0.000000180. The first-order valence-corrected chi connectivity index (χ1v) is 50.2. The summed E-state index contributed by atoms with van der Waals surface area (Å²) >= 11 is 0. The second kappa shape index (κ2) is 53.3. The van der Waals surface area contributed by atoms with Crippen molar-refractivity contribution in [2.45, 2.75) is 183 Å². The van der Waals surface area contributed by atoms with E-state index < -0.39 is 0 Å². The van der Waals surface area contributed by atoms with Crippen LogP contribution in [-0.4, -0.2) is 24.9 Å². The van der Waals surface area contributed by atoms with Crippen LogP contribution in [0.15, 0.2) is 413 Å². The molecule has 753 valence electrons. The molecule has 0 aliphatic carbocycles. The van der Waals surface area contributed by atoms with E-state index in [4.69, 9.17) is 4.98 Å². The molecule has 0 atom stereocenters. The topological polar surface area (TPSA) is 64.5 Å². The molecule has 0 aliphatic rings. The van der Waals surface area contributed by atoms with Gasteiger partial charge in [0.15, 0.2) is 0 Å². The van der Waals surface area contributed by atoms with Crippen LogP contribution in [-0.2, 0) is 134 Å². The van der Waals surface area contributed by atoms with E-state index in [9.17, 15) is 0 Å². The molecule has 0 N–H and O–H groups in total. The molecule has 5 nitrogen and oxygen atoms in total. The third-order valence-electron chi connectivity index (χ3n) is 26.4. The molecule has 0 spiro atoms. The molecule has 0 aliphatic heterocycles. The quantitative estimate of drug-likeness (QED) is 0.0596. The van der Waals surface area contributed by atoms with Crippen molar-refractivity contribution in [1.82, 2.24) is 24.9 Å². The normalized spacial score (nSPS) is 11.2. The van der Waals surface area contributed by atoms with E-state index in [0.29, 0.717) is 0 Å². The Labute approximate surface area is 942 Å². The van der Waals surface area contributed by atoms with E-state index in [1.165, 1.54) is 167 Å². The summed E-state index contributed by atoms with van der Waals surface area (Å²) in [5, 5.41) is 7.07. The molecule has 20 aromatic rings. The van der Waals surface area contributed by atoms with Gasteiger partial charge < -0.3 is 24.9 Å². The van der Waals surface area contributed by atoms with Crippen LogP contribution in [0.4, 0.5) is 0 Å². The van der Waals surface area contributed by atoms with Crippen molar-refractivity contribution in [2.24, 2.45) is 0 Å². The standard InChI is InChI=1S/C41H38N.C37H36N.C25H22N.C19H24N.C15H10N.5Ir/c1-40(2,3)36-18-14-28(15-19-36)33-25-34(29-16-20-37(21-17-29)41(4,5)6)27-35(26-33)31-11-9-12-32(24-31)39-38-13-8-7-10-30(38)22-23-42-39;1-36(2,3)33-17-13-26(14-18-33)30-23-31(27-15-19-34(20-16-27)37(4,5)6)25-32(24-30)28-10-9-11-29(22-28)35-12-7-8-21-38-35;1-25(2,3)22-13-11-18(12-14-22)20-8-6-9-21(17-20)24-23-10-5-4-7-19(23)15-16-26-24;1-2-3-4-5-6-7-10-17-12-14-18(15-13-17)19-11-8-9-16-20-19;1-2-7-13(8-3-1)15-14-9-5-4-6-12(14)10-11-16-15;;;;;/h7-11,13-27H,1-6H3;7-10,12-25H,1-6H3;4-8,10-17H,1-3H3;8-9,11-14,16H,2-7,10H2,1H3;1-7,9-11H;;;;;/q5*-1;;;;;. The van der Waals surface area contributed by atoms with Crippen LogP contribution in [0.5, 0.6) is 0 Å². The fraction of sp³-hybridized carbons (Fsp3) is 0.204. The van der Waals surface area contributed by atoms with Gasteiger partial charge in [0.1, 0.15) is 0 Å². The van der Waals surface area contributed by atoms with Crippen LogP contribution >= 0.6 is 0 Å². The smallest absolute Gasteiger partial charge is 0.0167 e. The molecule has 0 unspecified atom stereocenters. The summed E-state index contributed by atoms with van der Waals surface area (Å²) < 4.78 is 0. The number of aromatic nitrogens is 5. The number of aryl methyl sites for hydroxylation is 1. The summed E-state index contributed by atoms with van der Waals surface area (Å²) in [6.07, 6.45) is 18.5. The van der Waals surface area contributed by atoms with Gasteiger partial charge in [-0.25, -0.2) is 0 Å². The summed E-state index contributed by atoms with van der Waals surface area (Å²) in [4.78, 5) is 22.7. The van der Waals surface area contributed by atoms with Crippen LogP contribution in [0.1, 0.15) is 183 Å². The summed E-state index contributed by atoms with van der Waals surface area (Å²) in [6, 6.07) is 152. The number of rotatable bonds is 19. The van der Waals surface area contributed by atoms with E-state index in [1.54, 1.807) is 0 Å². The maximum absolute atomic E-state index is 4.77. The van der Waals surface area contributed by atoms with E-state index >= 15 is 0 Å². The van der Waals surface area contributed by atoms with Gasteiger partial charge in [0.25, 0.3) is 0 Å². The van der Waals surface area contributed by atoms with E-state index in [1.807, 2.05) is 134 Å². The van der Waals surface area contributed by atoms with Gasteiger partial charge in [-0.1, -0.05) is 374 Å². The first-order valence-electron chi connectivity index (χ1n) is 50.2. The molecular weight excluding hydrogens is 2680 g/mol. The first kappa shape index (κ1) is 115. The molecule has 5 aromatic heterocycles. The maximum atomic E-state index is 4.77. The average molecular weight is 2810 g/mol. The number of hydrogen-bond donors (Lipinski definition) is 0. The van der Waals surface area contributed by atoms with Crippen LogP contribution in [0, 0.1) is 30.3 Å². The van der Waals surface area contributed by atoms with Gasteiger partial charge in [0, 0.05) is 132 Å². The Bertz CT molecular complexity index is 7400. The molecule has 0 amide bonds. The Morgan fingerprint density at radius 1 is 0.204 bits per heavy atom. The van der Waals surface area contributed by atoms with Gasteiger partial charge in [-0.3, -0.25) is 0 Å². The zero-order chi connectivity index (χ0) is 99.4. The molecule has 0 bridgehead atoms. The Kier molecular flexibility index (Phi) is 41.8. The molecule has 5 radical (unpaired) electrons. The fourth-order valence-electron chi connectivity index (χ4n) is 17.9. The van der Waals surface area contributed by atoms with Crippen molar-refractivity contribution >= 4 is 32.3 Å². The van der Waals surface area contributed by atoms with Gasteiger partial charge in [-0.15, -0.1) is 177 Å². The van der Waals surface area contributed by atoms with Crippen molar-refractivity contribution < 1.29 is 101 Å². The number of nitrogens with zero attached hydrogens (tertiary/aromatic N) is 5. The minimum Gasteiger partial charge on any atom is -0.305 e. The zero-order valence-electron chi connectivity index (χ0n) is 87.1. The summed E-state index contributed by atoms with van der Waals surface area (Å²) in [5.41, 5.74) is 35.6. The van der Waals surface area contributed by atoms with Crippen LogP contribution in [0.2, 0.25) is 0 Å². The Hall–Kier alpha value is -11.9. The predicted molar refractivity (Wildman–Crippen MR) is 604 cm³/mol. The molecule has 15 aromatic carbocycles. The summed E-state index contributed by atoms with van der Waals surface area (Å²) in [5.74, 6) is 0. The third-order valence-corrected chi connectivity index (χ3v) is 26.4. The largest absolute Gasteiger partial charge is 0.305 e. The van der Waals surface area contributed by atoms with Crippen LogP contribution in [0.25, 0.3) is 166 Å². The minimum absolute atomic E-state index is 0. The van der Waals surface area contributed by atoms with Gasteiger partial charge >= 0.3 is 0 Å². The van der Waals surface area contributed by atoms with Gasteiger partial charge in [-0.2, -0.15) is 0 Å². The molecule has 0 saturated carbocycles. The van der Waals surface area contributed by atoms with Crippen molar-refractivity contribution in [3.8, 4) is 134 Å². The number of fused-ring (bicyclic) bond motifs is 3. The van der Waals surface area contributed by atoms with Gasteiger partial charge in [0.05, 0.1) is 0 Å². The minimum atomic E-state index is 0. The van der Waals surface area contributed by atoms with Crippen LogP contribution in [0.3, 0.4) is 0 Å². The Morgan fingerprint density at radius 3 is 0.823 bits per heavy atom. The Morgan fingerprint density at radius 2 is 0.497 bits per heavy atom. The SMILES string of the molecule is CC(C)(C)c1ccc(-c2cc(-c3ccc(C(C)(C)C)cc3)cc(-c3cc[c-]c(-c4ccccn4)c3)c2)cc1.CC(C)(C)c1ccc(-c2cc(-c3ccc(C(C)(C)C)cc3)cc(-c3cc[c-]c(-c4nccc5ccccc45)c3)c2)cc1.CC(C)(C)c1ccc(-c2cc[c-]c(-c3nccc4ccccc34)c2)cc1.CCCCCCCCc1c[c-]c(-c2ccccn2)cc1.[Ir].[Ir].[Ir].[Ir].[Ir].[c-]1ccccc1-c1nccc2ccccc12. The molecule has 20 rings (SSSR count). The fourth-order valence-corrected chi connectivity index (χ4v) is 17.9. The predicted octanol–water partition coefficient (Wildman–Crippen LogP) is 37.3. The van der Waals surface area contributed by atoms with Crippen molar-refractivity contribution in [2.75, 3.05) is 0 Å². The summed E-state index contributed by atoms with van der Waals surface area (Å²) in [6.45, 7) is 36.1. The zero-order valence-corrected chi connectivity index (χ0v) is 99.1. The van der Waals surface area contributed by atoms with Gasteiger partial charge in [0.2, 0.25) is 0 Å². The second-order valence-corrected chi connectivity index (χ2v) is 42.2. The molecule has 10 heteroatoms. The molecule has 0 fully saturated rings. The number of benzene rings is 15. The van der Waals surface area contributed by atoms with E-state index in [-0.39, 0.29) is 128 Å².